The van der Waals surface area contributed by atoms with E-state index in [1.54, 1.807) is 6.07 Å². The minimum Gasteiger partial charge on any atom is -0.396 e. The number of para-hydroxylation sites is 1. The zero-order valence-corrected chi connectivity index (χ0v) is 11.8. The van der Waals surface area contributed by atoms with Gasteiger partial charge in [0.15, 0.2) is 0 Å². The van der Waals surface area contributed by atoms with Gasteiger partial charge in [-0.25, -0.2) is 0 Å². The summed E-state index contributed by atoms with van der Waals surface area (Å²) in [5, 5.41) is 9.11. The van der Waals surface area contributed by atoms with E-state index in [-0.39, 0.29) is 0 Å². The molecule has 0 radical (unpaired) electrons. The first-order valence-corrected chi connectivity index (χ1v) is 6.91. The SMILES string of the molecule is CCC1CN(C)CCCN1c1cccc(C#N)c1N. The van der Waals surface area contributed by atoms with Gasteiger partial charge in [-0.2, -0.15) is 5.26 Å². The minimum atomic E-state index is 0.462. The van der Waals surface area contributed by atoms with E-state index in [4.69, 9.17) is 11.0 Å². The van der Waals surface area contributed by atoms with Crippen LogP contribution in [0.25, 0.3) is 0 Å². The molecule has 1 saturated heterocycles. The second kappa shape index (κ2) is 5.94. The van der Waals surface area contributed by atoms with Gasteiger partial charge in [0.05, 0.1) is 16.9 Å². The van der Waals surface area contributed by atoms with Crippen molar-refractivity contribution in [2.24, 2.45) is 0 Å². The molecule has 1 aliphatic heterocycles. The highest BCUT2D eigenvalue weighted by molar-refractivity contribution is 5.74. The smallest absolute Gasteiger partial charge is 0.101 e. The quantitative estimate of drug-likeness (QED) is 0.825. The summed E-state index contributed by atoms with van der Waals surface area (Å²) in [6.45, 7) is 5.38. The standard InChI is InChI=1S/C15H22N4/c1-3-13-11-18(2)8-5-9-19(13)14-7-4-6-12(10-16)15(14)17/h4,6-7,13H,3,5,8-9,11,17H2,1-2H3. The van der Waals surface area contributed by atoms with E-state index in [9.17, 15) is 0 Å². The Hall–Kier alpha value is -1.73. The maximum Gasteiger partial charge on any atom is 0.101 e. The third-order valence-corrected chi connectivity index (χ3v) is 3.89. The van der Waals surface area contributed by atoms with Crippen LogP contribution in [0.4, 0.5) is 11.4 Å². The van der Waals surface area contributed by atoms with Gasteiger partial charge in [-0.1, -0.05) is 13.0 Å². The maximum absolute atomic E-state index is 9.11. The van der Waals surface area contributed by atoms with Crippen molar-refractivity contribution in [3.05, 3.63) is 23.8 Å². The van der Waals surface area contributed by atoms with Crippen LogP contribution in [0.2, 0.25) is 0 Å². The van der Waals surface area contributed by atoms with E-state index in [0.29, 0.717) is 17.3 Å². The second-order valence-corrected chi connectivity index (χ2v) is 5.22. The van der Waals surface area contributed by atoms with Gasteiger partial charge in [0.2, 0.25) is 0 Å². The number of nitrogens with two attached hydrogens (primary N) is 1. The molecule has 1 unspecified atom stereocenters. The number of nitriles is 1. The molecule has 4 heteroatoms. The molecule has 0 aromatic heterocycles. The van der Waals surface area contributed by atoms with Crippen molar-refractivity contribution in [3.63, 3.8) is 0 Å². The number of hydrogen-bond acceptors (Lipinski definition) is 4. The highest BCUT2D eigenvalue weighted by atomic mass is 15.2. The fourth-order valence-electron chi connectivity index (χ4n) is 2.81. The molecular formula is C15H22N4. The molecule has 0 bridgehead atoms. The lowest BCUT2D eigenvalue weighted by Crippen LogP contribution is -2.40. The molecule has 1 aliphatic rings. The number of nitrogen functional groups attached to an aromatic ring is 1. The molecule has 0 saturated carbocycles. The molecule has 0 amide bonds. The third-order valence-electron chi connectivity index (χ3n) is 3.89. The predicted molar refractivity (Wildman–Crippen MR) is 79.1 cm³/mol. The molecule has 2 N–H and O–H groups in total. The number of hydrogen-bond donors (Lipinski definition) is 1. The third kappa shape index (κ3) is 2.82. The average molecular weight is 258 g/mol. The fraction of sp³-hybridized carbons (Fsp3) is 0.533. The van der Waals surface area contributed by atoms with Crippen LogP contribution >= 0.6 is 0 Å². The molecule has 4 nitrogen and oxygen atoms in total. The summed E-state index contributed by atoms with van der Waals surface area (Å²) in [5.41, 5.74) is 8.36. The summed E-state index contributed by atoms with van der Waals surface area (Å²) < 4.78 is 0. The van der Waals surface area contributed by atoms with E-state index in [1.807, 2.05) is 12.1 Å². The number of likely N-dealkylation sites (N-methyl/N-ethyl adjacent to an activating group) is 1. The Morgan fingerprint density at radius 1 is 1.42 bits per heavy atom. The monoisotopic (exact) mass is 258 g/mol. The van der Waals surface area contributed by atoms with Crippen molar-refractivity contribution < 1.29 is 0 Å². The Morgan fingerprint density at radius 2 is 2.21 bits per heavy atom. The van der Waals surface area contributed by atoms with Gasteiger partial charge in [0, 0.05) is 19.1 Å². The van der Waals surface area contributed by atoms with Crippen LogP contribution < -0.4 is 10.6 Å². The molecule has 0 spiro atoms. The van der Waals surface area contributed by atoms with Crippen LogP contribution in [-0.2, 0) is 0 Å². The number of nitrogens with zero attached hydrogens (tertiary/aromatic N) is 3. The maximum atomic E-state index is 9.11. The highest BCUT2D eigenvalue weighted by Gasteiger charge is 2.24. The van der Waals surface area contributed by atoms with Gasteiger partial charge in [-0.3, -0.25) is 0 Å². The summed E-state index contributed by atoms with van der Waals surface area (Å²) in [6.07, 6.45) is 2.21. The lowest BCUT2D eigenvalue weighted by atomic mass is 10.1. The summed E-state index contributed by atoms with van der Waals surface area (Å²) >= 11 is 0. The lowest BCUT2D eigenvalue weighted by molar-refractivity contribution is 0.328. The molecule has 1 atom stereocenters. The van der Waals surface area contributed by atoms with E-state index in [1.165, 1.54) is 0 Å². The average Bonchev–Trinajstić information content (AvgIpc) is 2.60. The van der Waals surface area contributed by atoms with Crippen LogP contribution in [0.3, 0.4) is 0 Å². The fourth-order valence-corrected chi connectivity index (χ4v) is 2.81. The van der Waals surface area contributed by atoms with Gasteiger partial charge in [-0.15, -0.1) is 0 Å². The minimum absolute atomic E-state index is 0.462. The van der Waals surface area contributed by atoms with E-state index in [2.05, 4.69) is 29.8 Å². The topological polar surface area (TPSA) is 56.3 Å². The lowest BCUT2D eigenvalue weighted by Gasteiger charge is -2.33. The Bertz CT molecular complexity index is 478. The summed E-state index contributed by atoms with van der Waals surface area (Å²) in [5.74, 6) is 0. The van der Waals surface area contributed by atoms with Crippen molar-refractivity contribution in [1.82, 2.24) is 4.90 Å². The zero-order chi connectivity index (χ0) is 13.8. The van der Waals surface area contributed by atoms with Crippen molar-refractivity contribution in [3.8, 4) is 6.07 Å². The van der Waals surface area contributed by atoms with Gasteiger partial charge >= 0.3 is 0 Å². The Morgan fingerprint density at radius 3 is 2.89 bits per heavy atom. The van der Waals surface area contributed by atoms with Crippen molar-refractivity contribution in [2.75, 3.05) is 37.3 Å². The summed E-state index contributed by atoms with van der Waals surface area (Å²) in [6, 6.07) is 8.37. The van der Waals surface area contributed by atoms with Crippen LogP contribution in [0, 0.1) is 11.3 Å². The summed E-state index contributed by atoms with van der Waals surface area (Å²) in [4.78, 5) is 4.75. The molecule has 1 heterocycles. The Balaban J connectivity index is 2.36. The van der Waals surface area contributed by atoms with Crippen molar-refractivity contribution in [2.45, 2.75) is 25.8 Å². The number of rotatable bonds is 2. The van der Waals surface area contributed by atoms with Crippen molar-refractivity contribution in [1.29, 1.82) is 5.26 Å². The molecule has 102 valence electrons. The van der Waals surface area contributed by atoms with E-state index >= 15 is 0 Å². The molecule has 19 heavy (non-hydrogen) atoms. The number of benzene rings is 1. The summed E-state index contributed by atoms with van der Waals surface area (Å²) in [7, 11) is 2.17. The molecule has 1 fully saturated rings. The molecule has 1 aromatic rings. The van der Waals surface area contributed by atoms with E-state index in [0.717, 1.165) is 38.2 Å². The van der Waals surface area contributed by atoms with Crippen LogP contribution in [0.15, 0.2) is 18.2 Å². The Labute approximate surface area is 115 Å². The molecule has 1 aromatic carbocycles. The Kier molecular flexibility index (Phi) is 4.28. The first-order chi connectivity index (χ1) is 9.17. The van der Waals surface area contributed by atoms with Crippen molar-refractivity contribution >= 4 is 11.4 Å². The number of anilines is 2. The second-order valence-electron chi connectivity index (χ2n) is 5.22. The van der Waals surface area contributed by atoms with Gasteiger partial charge in [0.1, 0.15) is 6.07 Å². The van der Waals surface area contributed by atoms with E-state index < -0.39 is 0 Å². The predicted octanol–water partition coefficient (Wildman–Crippen LogP) is 2.06. The first kappa shape index (κ1) is 13.7. The highest BCUT2D eigenvalue weighted by Crippen LogP contribution is 2.30. The van der Waals surface area contributed by atoms with Crippen LogP contribution in [0.5, 0.6) is 0 Å². The first-order valence-electron chi connectivity index (χ1n) is 6.91. The molecular weight excluding hydrogens is 236 g/mol. The molecule has 2 rings (SSSR count). The van der Waals surface area contributed by atoms with Gasteiger partial charge in [0.25, 0.3) is 0 Å². The molecule has 0 aliphatic carbocycles. The van der Waals surface area contributed by atoms with Crippen LogP contribution in [0.1, 0.15) is 25.3 Å². The normalized spacial score (nSPS) is 20.9. The zero-order valence-electron chi connectivity index (χ0n) is 11.8. The van der Waals surface area contributed by atoms with Crippen LogP contribution in [-0.4, -0.2) is 37.6 Å². The largest absolute Gasteiger partial charge is 0.396 e. The van der Waals surface area contributed by atoms with Gasteiger partial charge in [-0.05, 0) is 38.6 Å². The van der Waals surface area contributed by atoms with Gasteiger partial charge < -0.3 is 15.5 Å².